The minimum Gasteiger partial charge on any atom is -0.325 e. The Morgan fingerprint density at radius 3 is 2.60 bits per heavy atom. The third-order valence-corrected chi connectivity index (χ3v) is 5.74. The third kappa shape index (κ3) is 6.40. The van der Waals surface area contributed by atoms with Crippen LogP contribution in [0, 0.1) is 12.8 Å². The highest BCUT2D eigenvalue weighted by atomic mass is 32.2. The van der Waals surface area contributed by atoms with Gasteiger partial charge < -0.3 is 5.32 Å². The molecule has 0 radical (unpaired) electrons. The van der Waals surface area contributed by atoms with E-state index in [1.54, 1.807) is 24.2 Å². The molecule has 0 aliphatic carbocycles. The van der Waals surface area contributed by atoms with E-state index in [-0.39, 0.29) is 18.5 Å². The number of anilines is 1. The predicted molar refractivity (Wildman–Crippen MR) is 123 cm³/mol. The Balaban J connectivity index is 1.56. The molecular formula is C24H28N4OS. The van der Waals surface area contributed by atoms with E-state index in [1.165, 1.54) is 0 Å². The molecule has 2 aromatic heterocycles. The third-order valence-electron chi connectivity index (χ3n) is 4.73. The van der Waals surface area contributed by atoms with E-state index in [1.807, 2.05) is 55.5 Å². The van der Waals surface area contributed by atoms with Crippen molar-refractivity contribution in [3.05, 3.63) is 83.8 Å². The zero-order valence-electron chi connectivity index (χ0n) is 17.6. The second kappa shape index (κ2) is 10.9. The molecule has 0 saturated carbocycles. The number of carbonyl (C=O) groups excluding carboxylic acids is 1. The quantitative estimate of drug-likeness (QED) is 0.477. The van der Waals surface area contributed by atoms with E-state index in [0.717, 1.165) is 33.3 Å². The van der Waals surface area contributed by atoms with Gasteiger partial charge in [-0.3, -0.25) is 15.1 Å². The molecule has 0 fully saturated rings. The van der Waals surface area contributed by atoms with Gasteiger partial charge in [-0.15, -0.1) is 11.8 Å². The van der Waals surface area contributed by atoms with Crippen LogP contribution >= 0.6 is 11.8 Å². The number of aryl methyl sites for hydroxylation is 1. The van der Waals surface area contributed by atoms with Crippen LogP contribution in [0.1, 0.15) is 36.7 Å². The van der Waals surface area contributed by atoms with Crippen molar-refractivity contribution in [3.8, 4) is 0 Å². The van der Waals surface area contributed by atoms with Crippen LogP contribution in [0.4, 0.5) is 5.69 Å². The lowest BCUT2D eigenvalue weighted by Crippen LogP contribution is -2.34. The summed E-state index contributed by atoms with van der Waals surface area (Å²) in [5, 5.41) is 7.35. The van der Waals surface area contributed by atoms with E-state index in [0.29, 0.717) is 5.92 Å². The minimum absolute atomic E-state index is 0.0260. The predicted octanol–water partition coefficient (Wildman–Crippen LogP) is 5.00. The minimum atomic E-state index is -0.0660. The Morgan fingerprint density at radius 2 is 1.87 bits per heavy atom. The number of amides is 1. The van der Waals surface area contributed by atoms with Crippen LogP contribution < -0.4 is 10.6 Å². The normalized spacial score (nSPS) is 12.0. The highest BCUT2D eigenvalue weighted by Crippen LogP contribution is 2.23. The average Bonchev–Trinajstić information content (AvgIpc) is 2.74. The van der Waals surface area contributed by atoms with E-state index >= 15 is 0 Å². The van der Waals surface area contributed by atoms with Gasteiger partial charge in [0.1, 0.15) is 0 Å². The van der Waals surface area contributed by atoms with Crippen LogP contribution in [0.15, 0.2) is 72.0 Å². The Bertz CT molecular complexity index is 962. The number of pyridine rings is 2. The lowest BCUT2D eigenvalue weighted by molar-refractivity contribution is -0.115. The summed E-state index contributed by atoms with van der Waals surface area (Å²) in [5.74, 6) is 1.05. The number of hydrogen-bond donors (Lipinski definition) is 2. The molecule has 30 heavy (non-hydrogen) atoms. The summed E-state index contributed by atoms with van der Waals surface area (Å²) in [5.41, 5.74) is 4.06. The zero-order valence-corrected chi connectivity index (χ0v) is 18.4. The van der Waals surface area contributed by atoms with Gasteiger partial charge in [0.25, 0.3) is 0 Å². The summed E-state index contributed by atoms with van der Waals surface area (Å²) >= 11 is 1.67. The molecule has 0 aliphatic rings. The van der Waals surface area contributed by atoms with Gasteiger partial charge in [-0.1, -0.05) is 38.1 Å². The Morgan fingerprint density at radius 1 is 1.03 bits per heavy atom. The van der Waals surface area contributed by atoms with Gasteiger partial charge in [0.2, 0.25) is 5.91 Å². The van der Waals surface area contributed by atoms with Crippen molar-refractivity contribution < 1.29 is 4.79 Å². The molecule has 0 aliphatic heterocycles. The molecule has 0 spiro atoms. The van der Waals surface area contributed by atoms with Gasteiger partial charge in [0.15, 0.2) is 0 Å². The Kier molecular flexibility index (Phi) is 7.99. The fourth-order valence-electron chi connectivity index (χ4n) is 3.21. The summed E-state index contributed by atoms with van der Waals surface area (Å²) in [6, 6.07) is 17.8. The molecule has 2 N–H and O–H groups in total. The number of thioether (sulfide) groups is 1. The topological polar surface area (TPSA) is 66.9 Å². The van der Waals surface area contributed by atoms with Crippen molar-refractivity contribution in [2.45, 2.75) is 37.6 Å². The zero-order chi connectivity index (χ0) is 21.3. The fourth-order valence-corrected chi connectivity index (χ4v) is 4.01. The molecule has 3 rings (SSSR count). The van der Waals surface area contributed by atoms with Crippen LogP contribution in [0.5, 0.6) is 0 Å². The molecule has 2 heterocycles. The van der Waals surface area contributed by atoms with Gasteiger partial charge >= 0.3 is 0 Å². The maximum Gasteiger partial charge on any atom is 0.238 e. The molecule has 0 bridgehead atoms. The number of nitrogens with one attached hydrogen (secondary N) is 2. The van der Waals surface area contributed by atoms with Crippen molar-refractivity contribution in [1.29, 1.82) is 0 Å². The van der Waals surface area contributed by atoms with Crippen molar-refractivity contribution in [3.63, 3.8) is 0 Å². The molecule has 1 unspecified atom stereocenters. The van der Waals surface area contributed by atoms with Crippen LogP contribution in [-0.2, 0) is 10.5 Å². The van der Waals surface area contributed by atoms with Crippen LogP contribution in [-0.4, -0.2) is 22.4 Å². The fraction of sp³-hybridized carbons (Fsp3) is 0.292. The smallest absolute Gasteiger partial charge is 0.238 e. The molecular weight excluding hydrogens is 392 g/mol. The number of nitrogens with zero attached hydrogens (tertiary/aromatic N) is 2. The van der Waals surface area contributed by atoms with Crippen LogP contribution in [0.3, 0.4) is 0 Å². The van der Waals surface area contributed by atoms with E-state index < -0.39 is 0 Å². The number of rotatable bonds is 9. The SMILES string of the molecule is Cc1cccnc1C(NCC(=O)Nc1cccc(CSc2ccccn2)c1)C(C)C. The van der Waals surface area contributed by atoms with Gasteiger partial charge in [0.05, 0.1) is 23.3 Å². The maximum atomic E-state index is 12.5. The van der Waals surface area contributed by atoms with E-state index in [9.17, 15) is 4.79 Å². The largest absolute Gasteiger partial charge is 0.325 e. The molecule has 6 heteroatoms. The van der Waals surface area contributed by atoms with Gasteiger partial charge in [-0.2, -0.15) is 0 Å². The molecule has 1 amide bonds. The highest BCUT2D eigenvalue weighted by Gasteiger charge is 2.19. The van der Waals surface area contributed by atoms with Crippen molar-refractivity contribution >= 4 is 23.4 Å². The van der Waals surface area contributed by atoms with Gasteiger partial charge in [-0.25, -0.2) is 4.98 Å². The average molecular weight is 421 g/mol. The summed E-state index contributed by atoms with van der Waals surface area (Å²) in [7, 11) is 0. The first-order valence-electron chi connectivity index (χ1n) is 10.1. The monoisotopic (exact) mass is 420 g/mol. The summed E-state index contributed by atoms with van der Waals surface area (Å²) in [6.07, 6.45) is 3.59. The standard InChI is InChI=1S/C24H28N4OS/c1-17(2)23(24-18(3)8-7-13-26-24)27-15-21(29)28-20-10-6-9-19(14-20)16-30-22-11-4-5-12-25-22/h4-14,17,23,27H,15-16H2,1-3H3,(H,28,29). The molecule has 3 aromatic rings. The van der Waals surface area contributed by atoms with Crippen molar-refractivity contribution in [1.82, 2.24) is 15.3 Å². The van der Waals surface area contributed by atoms with E-state index in [2.05, 4.69) is 40.5 Å². The summed E-state index contributed by atoms with van der Waals surface area (Å²) in [4.78, 5) is 21.4. The summed E-state index contributed by atoms with van der Waals surface area (Å²) < 4.78 is 0. The number of carbonyl (C=O) groups is 1. The number of benzene rings is 1. The van der Waals surface area contributed by atoms with Crippen molar-refractivity contribution in [2.24, 2.45) is 5.92 Å². The highest BCUT2D eigenvalue weighted by molar-refractivity contribution is 7.98. The van der Waals surface area contributed by atoms with Crippen LogP contribution in [0.2, 0.25) is 0 Å². The van der Waals surface area contributed by atoms with Crippen LogP contribution in [0.25, 0.3) is 0 Å². The first kappa shape index (κ1) is 22.0. The Hall–Kier alpha value is -2.70. The first-order chi connectivity index (χ1) is 14.5. The summed E-state index contributed by atoms with van der Waals surface area (Å²) in [6.45, 7) is 6.54. The molecule has 5 nitrogen and oxygen atoms in total. The molecule has 1 aromatic carbocycles. The molecule has 1 atom stereocenters. The van der Waals surface area contributed by atoms with Gasteiger partial charge in [-0.05, 0) is 54.3 Å². The second-order valence-corrected chi connectivity index (χ2v) is 8.51. The number of hydrogen-bond acceptors (Lipinski definition) is 5. The lowest BCUT2D eigenvalue weighted by Gasteiger charge is -2.23. The lowest BCUT2D eigenvalue weighted by atomic mass is 9.97. The van der Waals surface area contributed by atoms with Crippen molar-refractivity contribution in [2.75, 3.05) is 11.9 Å². The van der Waals surface area contributed by atoms with Gasteiger partial charge in [0, 0.05) is 23.8 Å². The van der Waals surface area contributed by atoms with E-state index in [4.69, 9.17) is 0 Å². The Labute approximate surface area is 182 Å². The molecule has 0 saturated heterocycles. The maximum absolute atomic E-state index is 12.5. The first-order valence-corrected chi connectivity index (χ1v) is 11.1. The molecule has 156 valence electrons. The second-order valence-electron chi connectivity index (χ2n) is 7.51. The number of aromatic nitrogens is 2.